The predicted molar refractivity (Wildman–Crippen MR) is 90.6 cm³/mol. The molecule has 1 aromatic carbocycles. The first-order chi connectivity index (χ1) is 12.1. The van der Waals surface area contributed by atoms with Gasteiger partial charge in [0.05, 0.1) is 24.9 Å². The van der Waals surface area contributed by atoms with Crippen LogP contribution in [-0.4, -0.2) is 34.9 Å². The molecule has 1 aliphatic rings. The molecule has 2 aromatic heterocycles. The summed E-state index contributed by atoms with van der Waals surface area (Å²) >= 11 is 0. The van der Waals surface area contributed by atoms with Crippen molar-refractivity contribution in [1.82, 2.24) is 15.1 Å². The number of para-hydroxylation sites is 1. The Balaban J connectivity index is 1.57. The van der Waals surface area contributed by atoms with E-state index in [2.05, 4.69) is 10.4 Å². The number of nitrogens with zero attached hydrogens (tertiary/aromatic N) is 2. The number of rotatable bonds is 3. The number of carbonyl (C=O) groups excluding carboxylic acids is 1. The van der Waals surface area contributed by atoms with Crippen LogP contribution in [0.3, 0.4) is 0 Å². The Morgan fingerprint density at radius 2 is 2.08 bits per heavy atom. The van der Waals surface area contributed by atoms with Crippen LogP contribution in [0.25, 0.3) is 11.0 Å². The zero-order valence-corrected chi connectivity index (χ0v) is 13.6. The summed E-state index contributed by atoms with van der Waals surface area (Å²) in [6, 6.07) is 11.6. The second-order valence-electron chi connectivity index (χ2n) is 6.09. The number of hydrogen-bond donors (Lipinski definition) is 1. The number of aromatic nitrogens is 2. The van der Waals surface area contributed by atoms with Gasteiger partial charge in [0.1, 0.15) is 11.6 Å². The van der Waals surface area contributed by atoms with Crippen LogP contribution in [0.4, 0.5) is 0 Å². The van der Waals surface area contributed by atoms with Crippen molar-refractivity contribution in [1.29, 1.82) is 0 Å². The Kier molecular flexibility index (Phi) is 3.85. The van der Waals surface area contributed by atoms with Gasteiger partial charge in [-0.15, -0.1) is 0 Å². The van der Waals surface area contributed by atoms with Crippen molar-refractivity contribution in [2.45, 2.75) is 19.0 Å². The van der Waals surface area contributed by atoms with E-state index < -0.39 is 0 Å². The maximum Gasteiger partial charge on any atom is 0.287 e. The van der Waals surface area contributed by atoms with E-state index in [1.54, 1.807) is 12.1 Å². The molecule has 7 heteroatoms. The third kappa shape index (κ3) is 2.94. The molecule has 128 valence electrons. The van der Waals surface area contributed by atoms with Gasteiger partial charge in [0, 0.05) is 11.5 Å². The molecule has 4 rings (SSSR count). The highest BCUT2D eigenvalue weighted by atomic mass is 16.5. The number of furan rings is 1. The number of nitrogens with one attached hydrogen (secondary N) is 1. The lowest BCUT2D eigenvalue weighted by Crippen LogP contribution is -2.44. The fourth-order valence-electron chi connectivity index (χ4n) is 3.01. The van der Waals surface area contributed by atoms with Gasteiger partial charge in [0.25, 0.3) is 11.5 Å². The summed E-state index contributed by atoms with van der Waals surface area (Å²) in [7, 11) is 0. The van der Waals surface area contributed by atoms with Gasteiger partial charge in [-0.05, 0) is 25.1 Å². The molecular formula is C18H17N3O4. The van der Waals surface area contributed by atoms with Crippen LogP contribution < -0.4 is 10.9 Å². The number of benzene rings is 1. The van der Waals surface area contributed by atoms with Crippen molar-refractivity contribution < 1.29 is 13.9 Å². The highest BCUT2D eigenvalue weighted by Gasteiger charge is 2.33. The molecule has 0 aliphatic carbocycles. The van der Waals surface area contributed by atoms with Crippen molar-refractivity contribution in [3.05, 3.63) is 64.3 Å². The van der Waals surface area contributed by atoms with Gasteiger partial charge < -0.3 is 14.5 Å². The maximum absolute atomic E-state index is 12.5. The van der Waals surface area contributed by atoms with Gasteiger partial charge in [-0.1, -0.05) is 18.2 Å². The minimum Gasteiger partial charge on any atom is -0.451 e. The second-order valence-corrected chi connectivity index (χ2v) is 6.09. The molecule has 1 N–H and O–H groups in total. The Bertz CT molecular complexity index is 958. The number of amides is 1. The van der Waals surface area contributed by atoms with E-state index in [4.69, 9.17) is 9.15 Å². The number of hydrogen-bond acceptors (Lipinski definition) is 5. The molecule has 1 amide bonds. The van der Waals surface area contributed by atoms with Gasteiger partial charge in [-0.3, -0.25) is 9.59 Å². The molecular weight excluding hydrogens is 322 g/mol. The highest BCUT2D eigenvalue weighted by Crippen LogP contribution is 2.21. The molecule has 25 heavy (non-hydrogen) atoms. The third-order valence-corrected chi connectivity index (χ3v) is 4.29. The Hall–Kier alpha value is -2.93. The molecule has 0 radical (unpaired) electrons. The summed E-state index contributed by atoms with van der Waals surface area (Å²) < 4.78 is 12.4. The van der Waals surface area contributed by atoms with Gasteiger partial charge in [0.15, 0.2) is 5.76 Å². The van der Waals surface area contributed by atoms with Gasteiger partial charge in [-0.25, -0.2) is 4.68 Å². The third-order valence-electron chi connectivity index (χ3n) is 4.29. The van der Waals surface area contributed by atoms with E-state index >= 15 is 0 Å². The topological polar surface area (TPSA) is 86.4 Å². The van der Waals surface area contributed by atoms with Crippen LogP contribution in [0.2, 0.25) is 0 Å². The standard InChI is InChI=1S/C18H17N3O4/c1-11-6-7-17(22)21(20-11)14-10-24-9-13(14)19-18(23)16-8-12-4-2-3-5-15(12)25-16/h2-8,13-14H,9-10H2,1H3,(H,19,23). The minimum absolute atomic E-state index is 0.218. The van der Waals surface area contributed by atoms with Gasteiger partial charge >= 0.3 is 0 Å². The van der Waals surface area contributed by atoms with E-state index in [0.717, 1.165) is 11.1 Å². The highest BCUT2D eigenvalue weighted by molar-refractivity contribution is 5.96. The first-order valence-electron chi connectivity index (χ1n) is 8.05. The maximum atomic E-state index is 12.5. The average Bonchev–Trinajstić information content (AvgIpc) is 3.23. The number of carbonyl (C=O) groups is 1. The zero-order valence-electron chi connectivity index (χ0n) is 13.6. The predicted octanol–water partition coefficient (Wildman–Crippen LogP) is 1.67. The normalized spacial score (nSPS) is 20.0. The van der Waals surface area contributed by atoms with Crippen molar-refractivity contribution in [3.63, 3.8) is 0 Å². The van der Waals surface area contributed by atoms with Crippen LogP contribution in [-0.2, 0) is 4.74 Å². The molecule has 1 saturated heterocycles. The molecule has 3 aromatic rings. The van der Waals surface area contributed by atoms with E-state index in [1.807, 2.05) is 31.2 Å². The van der Waals surface area contributed by atoms with Crippen LogP contribution >= 0.6 is 0 Å². The Morgan fingerprint density at radius 3 is 2.92 bits per heavy atom. The van der Waals surface area contributed by atoms with E-state index in [9.17, 15) is 9.59 Å². The minimum atomic E-state index is -0.354. The number of ether oxygens (including phenoxy) is 1. The molecule has 2 atom stereocenters. The quantitative estimate of drug-likeness (QED) is 0.784. The number of aryl methyl sites for hydroxylation is 1. The lowest BCUT2D eigenvalue weighted by molar-refractivity contribution is 0.0899. The molecule has 1 aliphatic heterocycles. The smallest absolute Gasteiger partial charge is 0.287 e. The lowest BCUT2D eigenvalue weighted by atomic mass is 10.1. The van der Waals surface area contributed by atoms with Crippen LogP contribution in [0, 0.1) is 6.92 Å². The molecule has 3 heterocycles. The first kappa shape index (κ1) is 15.6. The molecule has 0 saturated carbocycles. The molecule has 7 nitrogen and oxygen atoms in total. The van der Waals surface area contributed by atoms with Crippen molar-refractivity contribution in [3.8, 4) is 0 Å². The lowest BCUT2D eigenvalue weighted by Gasteiger charge is -2.19. The summed E-state index contributed by atoms with van der Waals surface area (Å²) in [5.41, 5.74) is 1.17. The van der Waals surface area contributed by atoms with E-state index in [0.29, 0.717) is 18.8 Å². The van der Waals surface area contributed by atoms with Crippen LogP contribution in [0.15, 0.2) is 51.7 Å². The Morgan fingerprint density at radius 1 is 1.24 bits per heavy atom. The average molecular weight is 339 g/mol. The largest absolute Gasteiger partial charge is 0.451 e. The second kappa shape index (κ2) is 6.18. The summed E-state index contributed by atoms with van der Waals surface area (Å²) in [4.78, 5) is 24.6. The fraction of sp³-hybridized carbons (Fsp3) is 0.278. The summed E-state index contributed by atoms with van der Waals surface area (Å²) in [6.07, 6.45) is 0. The summed E-state index contributed by atoms with van der Waals surface area (Å²) in [5.74, 6) is -0.103. The molecule has 0 spiro atoms. The molecule has 1 fully saturated rings. The summed E-state index contributed by atoms with van der Waals surface area (Å²) in [5, 5.41) is 8.03. The molecule has 2 unspecified atom stereocenters. The van der Waals surface area contributed by atoms with Crippen LogP contribution in [0.1, 0.15) is 22.3 Å². The van der Waals surface area contributed by atoms with E-state index in [-0.39, 0.29) is 29.3 Å². The van der Waals surface area contributed by atoms with E-state index in [1.165, 1.54) is 10.7 Å². The number of fused-ring (bicyclic) bond motifs is 1. The van der Waals surface area contributed by atoms with Crippen molar-refractivity contribution in [2.24, 2.45) is 0 Å². The fourth-order valence-corrected chi connectivity index (χ4v) is 3.01. The first-order valence-corrected chi connectivity index (χ1v) is 8.05. The Labute approximate surface area is 143 Å². The van der Waals surface area contributed by atoms with Crippen molar-refractivity contribution >= 4 is 16.9 Å². The summed E-state index contributed by atoms with van der Waals surface area (Å²) in [6.45, 7) is 2.45. The van der Waals surface area contributed by atoms with Crippen LogP contribution in [0.5, 0.6) is 0 Å². The zero-order chi connectivity index (χ0) is 17.4. The van der Waals surface area contributed by atoms with Gasteiger partial charge in [-0.2, -0.15) is 5.10 Å². The monoisotopic (exact) mass is 339 g/mol. The van der Waals surface area contributed by atoms with Gasteiger partial charge in [0.2, 0.25) is 0 Å². The van der Waals surface area contributed by atoms with Crippen molar-refractivity contribution in [2.75, 3.05) is 13.2 Å². The SMILES string of the molecule is Cc1ccc(=O)n(C2COCC2NC(=O)c2cc3ccccc3o2)n1. The molecule has 0 bridgehead atoms.